The fourth-order valence-corrected chi connectivity index (χ4v) is 2.82. The topological polar surface area (TPSA) is 112 Å². The molecular weight excluding hydrogens is 346 g/mol. The number of anilines is 1. The van der Waals surface area contributed by atoms with Crippen molar-refractivity contribution >= 4 is 28.1 Å². The number of hydrogen-bond acceptors (Lipinski definition) is 5. The average molecular weight is 359 g/mol. The van der Waals surface area contributed by atoms with Crippen LogP contribution in [-0.4, -0.2) is 27.1 Å². The Morgan fingerprint density at radius 1 is 1.26 bits per heavy atom. The number of nitrogens with one attached hydrogen (secondary N) is 2. The Balaban J connectivity index is 1.70. The lowest BCUT2D eigenvalue weighted by atomic mass is 10.2. The number of nitrogens with zero attached hydrogens (tertiary/aromatic N) is 3. The molecule has 132 valence electrons. The third kappa shape index (κ3) is 2.98. The first-order valence-electron chi connectivity index (χ1n) is 8.07. The van der Waals surface area contributed by atoms with Crippen molar-refractivity contribution in [2.75, 3.05) is 11.9 Å². The van der Waals surface area contributed by atoms with Gasteiger partial charge in [-0.15, -0.1) is 0 Å². The number of para-hydroxylation sites is 1. The van der Waals surface area contributed by atoms with E-state index in [2.05, 4.69) is 15.4 Å². The Kier molecular flexibility index (Phi) is 4.03. The van der Waals surface area contributed by atoms with E-state index >= 15 is 0 Å². The fraction of sp³-hybridized carbons (Fsp3) is 0.0526. The first-order chi connectivity index (χ1) is 13.2. The second kappa shape index (κ2) is 6.65. The molecule has 0 bridgehead atoms. The molecule has 2 heterocycles. The highest BCUT2D eigenvalue weighted by Crippen LogP contribution is 2.19. The number of ether oxygens (including phenoxy) is 1. The Labute approximate surface area is 152 Å². The van der Waals surface area contributed by atoms with Crippen molar-refractivity contribution in [1.82, 2.24) is 14.6 Å². The third-order valence-electron chi connectivity index (χ3n) is 4.02. The lowest BCUT2D eigenvalue weighted by molar-refractivity contribution is 0.102. The molecule has 0 radical (unpaired) electrons. The predicted octanol–water partition coefficient (Wildman–Crippen LogP) is 2.33. The van der Waals surface area contributed by atoms with E-state index in [-0.39, 0.29) is 17.7 Å². The third-order valence-corrected chi connectivity index (χ3v) is 4.02. The summed E-state index contributed by atoms with van der Waals surface area (Å²) < 4.78 is 6.75. The summed E-state index contributed by atoms with van der Waals surface area (Å²) in [5.41, 5.74) is 1.37. The lowest BCUT2D eigenvalue weighted by Crippen LogP contribution is -2.15. The van der Waals surface area contributed by atoms with Crippen molar-refractivity contribution < 1.29 is 9.53 Å². The van der Waals surface area contributed by atoms with E-state index < -0.39 is 5.91 Å². The Bertz CT molecular complexity index is 1270. The molecule has 8 nitrogen and oxygen atoms in total. The summed E-state index contributed by atoms with van der Waals surface area (Å²) in [5, 5.41) is 16.0. The monoisotopic (exact) mass is 359 g/mol. The van der Waals surface area contributed by atoms with E-state index in [9.17, 15) is 9.59 Å². The van der Waals surface area contributed by atoms with Gasteiger partial charge in [-0.2, -0.15) is 10.4 Å². The van der Waals surface area contributed by atoms with Gasteiger partial charge < -0.3 is 15.0 Å². The summed E-state index contributed by atoms with van der Waals surface area (Å²) >= 11 is 0. The van der Waals surface area contributed by atoms with Crippen LogP contribution in [0.1, 0.15) is 10.4 Å². The Hall–Kier alpha value is -4.12. The molecule has 0 atom stereocenters. The minimum atomic E-state index is -0.423. The first kappa shape index (κ1) is 16.4. The van der Waals surface area contributed by atoms with Crippen LogP contribution < -0.4 is 15.6 Å². The number of rotatable bonds is 4. The molecule has 0 aliphatic carbocycles. The number of hydrogen-bond donors (Lipinski definition) is 2. The van der Waals surface area contributed by atoms with E-state index in [1.54, 1.807) is 48.5 Å². The Morgan fingerprint density at radius 2 is 2.11 bits per heavy atom. The largest absolute Gasteiger partial charge is 0.479 e. The SMILES string of the molecule is N#CCOc1cccc(NC(=O)c2cnn3c2[nH]c(=O)c2ccccc23)c1. The van der Waals surface area contributed by atoms with E-state index in [4.69, 9.17) is 10.00 Å². The molecule has 0 aliphatic heterocycles. The second-order valence-corrected chi connectivity index (χ2v) is 5.72. The molecule has 4 aromatic rings. The molecule has 8 heteroatoms. The minimum Gasteiger partial charge on any atom is -0.479 e. The minimum absolute atomic E-state index is 0.0836. The van der Waals surface area contributed by atoms with Gasteiger partial charge >= 0.3 is 0 Å². The van der Waals surface area contributed by atoms with Gasteiger partial charge in [-0.05, 0) is 24.3 Å². The van der Waals surface area contributed by atoms with E-state index in [1.165, 1.54) is 10.7 Å². The molecule has 2 aromatic carbocycles. The van der Waals surface area contributed by atoms with Crippen molar-refractivity contribution in [3.8, 4) is 11.8 Å². The van der Waals surface area contributed by atoms with Crippen LogP contribution in [0.3, 0.4) is 0 Å². The molecule has 1 amide bonds. The van der Waals surface area contributed by atoms with Gasteiger partial charge in [-0.3, -0.25) is 9.59 Å². The molecule has 0 saturated carbocycles. The molecule has 2 aromatic heterocycles. The maximum Gasteiger partial charge on any atom is 0.261 e. The van der Waals surface area contributed by atoms with Crippen LogP contribution in [0, 0.1) is 11.3 Å². The van der Waals surface area contributed by atoms with Gasteiger partial charge in [0.1, 0.15) is 23.0 Å². The van der Waals surface area contributed by atoms with Crippen molar-refractivity contribution in [3.05, 3.63) is 70.6 Å². The van der Waals surface area contributed by atoms with Gasteiger partial charge in [0.15, 0.2) is 6.61 Å². The number of aromatic amines is 1. The van der Waals surface area contributed by atoms with Crippen LogP contribution in [0.15, 0.2) is 59.5 Å². The van der Waals surface area contributed by atoms with E-state index in [1.807, 2.05) is 6.07 Å². The van der Waals surface area contributed by atoms with Crippen LogP contribution in [0.5, 0.6) is 5.75 Å². The number of carbonyl (C=O) groups excluding carboxylic acids is 1. The van der Waals surface area contributed by atoms with Gasteiger partial charge in [-0.25, -0.2) is 4.52 Å². The maximum absolute atomic E-state index is 12.7. The first-order valence-corrected chi connectivity index (χ1v) is 8.07. The molecule has 27 heavy (non-hydrogen) atoms. The number of amides is 1. The van der Waals surface area contributed by atoms with Crippen molar-refractivity contribution in [2.24, 2.45) is 0 Å². The van der Waals surface area contributed by atoms with Gasteiger partial charge in [0.2, 0.25) is 0 Å². The molecule has 2 N–H and O–H groups in total. The number of benzene rings is 2. The van der Waals surface area contributed by atoms with E-state index in [0.717, 1.165) is 0 Å². The standard InChI is InChI=1S/C19H13N5O3/c20-8-9-27-13-5-3-4-12(10-13)22-19(26)15-11-21-24-16-7-2-1-6-14(16)18(25)23-17(15)24/h1-7,10-11H,9H2,(H,22,26)(H,23,25). The summed E-state index contributed by atoms with van der Waals surface area (Å²) in [6.45, 7) is -0.0836. The van der Waals surface area contributed by atoms with Crippen LogP contribution in [0.2, 0.25) is 0 Å². The highest BCUT2D eigenvalue weighted by atomic mass is 16.5. The van der Waals surface area contributed by atoms with Crippen LogP contribution >= 0.6 is 0 Å². The number of fused-ring (bicyclic) bond motifs is 3. The molecule has 0 aliphatic rings. The zero-order valence-corrected chi connectivity index (χ0v) is 14.0. The fourth-order valence-electron chi connectivity index (χ4n) is 2.82. The summed E-state index contributed by atoms with van der Waals surface area (Å²) in [5.74, 6) is 0.0435. The van der Waals surface area contributed by atoms with Gasteiger partial charge in [-0.1, -0.05) is 18.2 Å². The summed E-state index contributed by atoms with van der Waals surface area (Å²) in [6.07, 6.45) is 1.41. The number of H-pyrrole nitrogens is 1. The van der Waals surface area contributed by atoms with Gasteiger partial charge in [0.05, 0.1) is 17.1 Å². The number of carbonyl (C=O) groups is 1. The number of nitriles is 1. The zero-order valence-electron chi connectivity index (χ0n) is 14.0. The molecule has 0 fully saturated rings. The zero-order chi connectivity index (χ0) is 18.8. The predicted molar refractivity (Wildman–Crippen MR) is 98.8 cm³/mol. The van der Waals surface area contributed by atoms with Crippen LogP contribution in [0.4, 0.5) is 5.69 Å². The van der Waals surface area contributed by atoms with Crippen molar-refractivity contribution in [1.29, 1.82) is 5.26 Å². The summed E-state index contributed by atoms with van der Waals surface area (Å²) in [4.78, 5) is 27.7. The van der Waals surface area contributed by atoms with E-state index in [0.29, 0.717) is 28.0 Å². The lowest BCUT2D eigenvalue weighted by Gasteiger charge is -2.07. The smallest absolute Gasteiger partial charge is 0.261 e. The van der Waals surface area contributed by atoms with Crippen LogP contribution in [-0.2, 0) is 0 Å². The highest BCUT2D eigenvalue weighted by molar-refractivity contribution is 6.08. The van der Waals surface area contributed by atoms with Gasteiger partial charge in [0, 0.05) is 11.8 Å². The molecular formula is C19H13N5O3. The second-order valence-electron chi connectivity index (χ2n) is 5.72. The average Bonchev–Trinajstić information content (AvgIpc) is 3.11. The van der Waals surface area contributed by atoms with Crippen LogP contribution in [0.25, 0.3) is 16.6 Å². The molecule has 0 saturated heterocycles. The molecule has 0 spiro atoms. The Morgan fingerprint density at radius 3 is 2.96 bits per heavy atom. The van der Waals surface area contributed by atoms with Crippen molar-refractivity contribution in [2.45, 2.75) is 0 Å². The summed E-state index contributed by atoms with van der Waals surface area (Å²) in [7, 11) is 0. The maximum atomic E-state index is 12.7. The number of aromatic nitrogens is 3. The highest BCUT2D eigenvalue weighted by Gasteiger charge is 2.16. The van der Waals surface area contributed by atoms with Gasteiger partial charge in [0.25, 0.3) is 11.5 Å². The normalized spacial score (nSPS) is 10.6. The molecule has 4 rings (SSSR count). The molecule has 0 unspecified atom stereocenters. The summed E-state index contributed by atoms with van der Waals surface area (Å²) in [6, 6.07) is 15.6. The quantitative estimate of drug-likeness (QED) is 0.581. The van der Waals surface area contributed by atoms with Crippen molar-refractivity contribution in [3.63, 3.8) is 0 Å².